The Labute approximate surface area is 338 Å². The average molecular weight is 825 g/mol. The van der Waals surface area contributed by atoms with E-state index in [0.29, 0.717) is 57.8 Å². The molecule has 0 amide bonds. The van der Waals surface area contributed by atoms with E-state index in [1.54, 1.807) is 6.92 Å². The van der Waals surface area contributed by atoms with Gasteiger partial charge in [0.15, 0.2) is 18.7 Å². The van der Waals surface area contributed by atoms with Crippen LogP contribution < -0.4 is 0 Å². The number of hydrogen-bond acceptors (Lipinski definition) is 14. The smallest absolute Gasteiger partial charge is 0.335 e. The number of carbonyl (C=O) groups is 3. The number of hydrogen-bond donors (Lipinski definition) is 9. The maximum atomic E-state index is 13.5. The van der Waals surface area contributed by atoms with E-state index in [-0.39, 0.29) is 28.6 Å². The van der Waals surface area contributed by atoms with Gasteiger partial charge in [-0.2, -0.15) is 0 Å². The molecule has 58 heavy (non-hydrogen) atoms. The van der Waals surface area contributed by atoms with Crippen LogP contribution in [0.5, 0.6) is 0 Å². The van der Waals surface area contributed by atoms with Crippen molar-refractivity contribution in [3.05, 3.63) is 11.6 Å². The highest BCUT2D eigenvalue weighted by Crippen LogP contribution is 2.76. The number of aliphatic hydroxyl groups is 7. The summed E-state index contributed by atoms with van der Waals surface area (Å²) in [6, 6.07) is 0. The van der Waals surface area contributed by atoms with E-state index in [2.05, 4.69) is 40.7 Å². The van der Waals surface area contributed by atoms with Crippen molar-refractivity contribution >= 4 is 18.2 Å². The highest BCUT2D eigenvalue weighted by Gasteiger charge is 2.72. The fraction of sp³-hybridized carbons (Fsp3) is 0.881. The number of allylic oxidation sites excluding steroid dienone is 2. The van der Waals surface area contributed by atoms with Crippen LogP contribution in [-0.4, -0.2) is 144 Å². The first kappa shape index (κ1) is 44.0. The van der Waals surface area contributed by atoms with Gasteiger partial charge in [-0.15, -0.1) is 0 Å². The van der Waals surface area contributed by atoms with Crippen molar-refractivity contribution in [2.24, 2.45) is 50.2 Å². The molecule has 0 bridgehead atoms. The van der Waals surface area contributed by atoms with Crippen LogP contribution in [0.15, 0.2) is 11.6 Å². The van der Waals surface area contributed by atoms with Crippen LogP contribution in [0.25, 0.3) is 0 Å². The number of carboxylic acids is 2. The van der Waals surface area contributed by atoms with Gasteiger partial charge in [0, 0.05) is 0 Å². The third-order valence-corrected chi connectivity index (χ3v) is 17.2. The Morgan fingerprint density at radius 1 is 0.793 bits per heavy atom. The minimum absolute atomic E-state index is 0.0374. The van der Waals surface area contributed by atoms with Gasteiger partial charge in [0.2, 0.25) is 0 Å². The molecule has 0 aromatic heterocycles. The van der Waals surface area contributed by atoms with Gasteiger partial charge in [-0.3, -0.25) is 4.79 Å². The van der Waals surface area contributed by atoms with Crippen molar-refractivity contribution in [1.82, 2.24) is 0 Å². The number of aldehydes is 1. The number of fused-ring (bicyclic) bond motifs is 7. The molecule has 0 spiro atoms. The molecule has 2 aliphatic heterocycles. The lowest BCUT2D eigenvalue weighted by molar-refractivity contribution is -0.373. The van der Waals surface area contributed by atoms with E-state index >= 15 is 0 Å². The summed E-state index contributed by atoms with van der Waals surface area (Å²) in [5.74, 6) is -3.07. The number of aliphatic hydroxyl groups excluding tert-OH is 7. The summed E-state index contributed by atoms with van der Waals surface area (Å²) >= 11 is 0. The summed E-state index contributed by atoms with van der Waals surface area (Å²) in [5.41, 5.74) is -2.70. The summed E-state index contributed by atoms with van der Waals surface area (Å²) < 4.78 is 23.6. The van der Waals surface area contributed by atoms with Crippen LogP contribution in [0.4, 0.5) is 0 Å². The van der Waals surface area contributed by atoms with E-state index in [9.17, 15) is 60.3 Å². The molecular weight excluding hydrogens is 760 g/mol. The van der Waals surface area contributed by atoms with Crippen molar-refractivity contribution in [3.8, 4) is 0 Å². The maximum absolute atomic E-state index is 13.5. The van der Waals surface area contributed by atoms with E-state index in [1.807, 2.05) is 0 Å². The Balaban J connectivity index is 1.19. The van der Waals surface area contributed by atoms with Crippen LogP contribution >= 0.6 is 0 Å². The van der Waals surface area contributed by atoms with E-state index < -0.39 is 114 Å². The van der Waals surface area contributed by atoms with Gasteiger partial charge < -0.3 is 69.7 Å². The lowest BCUT2D eigenvalue weighted by Crippen LogP contribution is -2.68. The predicted molar refractivity (Wildman–Crippen MR) is 200 cm³/mol. The molecule has 8 unspecified atom stereocenters. The molecule has 5 aliphatic carbocycles. The van der Waals surface area contributed by atoms with Crippen LogP contribution in [0, 0.1) is 50.2 Å². The summed E-state index contributed by atoms with van der Waals surface area (Å²) in [6.07, 6.45) is -11.9. The summed E-state index contributed by atoms with van der Waals surface area (Å²) in [4.78, 5) is 38.8. The third kappa shape index (κ3) is 6.21. The van der Waals surface area contributed by atoms with Crippen molar-refractivity contribution in [2.75, 3.05) is 6.61 Å². The average Bonchev–Trinajstić information content (AvgIpc) is 3.15. The first-order chi connectivity index (χ1) is 27.0. The molecule has 7 rings (SSSR count). The summed E-state index contributed by atoms with van der Waals surface area (Å²) in [5, 5.41) is 95.7. The van der Waals surface area contributed by atoms with Crippen LogP contribution in [0.1, 0.15) is 99.3 Å². The van der Waals surface area contributed by atoms with E-state index in [4.69, 9.17) is 18.9 Å². The molecule has 7 aliphatic rings. The molecule has 2 saturated heterocycles. The molecule has 9 N–H and O–H groups in total. The molecule has 16 nitrogen and oxygen atoms in total. The van der Waals surface area contributed by atoms with Gasteiger partial charge in [0.25, 0.3) is 0 Å². The van der Waals surface area contributed by atoms with Crippen LogP contribution in [-0.2, 0) is 33.3 Å². The Bertz CT molecular complexity index is 1650. The normalized spacial score (nSPS) is 53.8. The van der Waals surface area contributed by atoms with Gasteiger partial charge in [-0.1, -0.05) is 53.2 Å². The van der Waals surface area contributed by atoms with Gasteiger partial charge >= 0.3 is 11.9 Å². The minimum atomic E-state index is -2.03. The van der Waals surface area contributed by atoms with Crippen molar-refractivity contribution in [3.63, 3.8) is 0 Å². The minimum Gasteiger partial charge on any atom is -0.481 e. The zero-order chi connectivity index (χ0) is 42.7. The molecule has 328 valence electrons. The Morgan fingerprint density at radius 3 is 2.10 bits per heavy atom. The molecule has 4 saturated carbocycles. The molecule has 0 aromatic carbocycles. The fourth-order valence-electron chi connectivity index (χ4n) is 13.6. The lowest BCUT2D eigenvalue weighted by atomic mass is 9.33. The van der Waals surface area contributed by atoms with Crippen LogP contribution in [0.3, 0.4) is 0 Å². The summed E-state index contributed by atoms with van der Waals surface area (Å²) in [6.45, 7) is 12.1. The monoisotopic (exact) mass is 824 g/mol. The van der Waals surface area contributed by atoms with Crippen molar-refractivity contribution in [2.45, 2.75) is 173 Å². The second-order valence-electron chi connectivity index (χ2n) is 20.5. The van der Waals surface area contributed by atoms with Crippen molar-refractivity contribution < 1.29 is 79.3 Å². The first-order valence-corrected chi connectivity index (χ1v) is 20.9. The maximum Gasteiger partial charge on any atom is 0.335 e. The van der Waals surface area contributed by atoms with Crippen molar-refractivity contribution in [1.29, 1.82) is 0 Å². The zero-order valence-electron chi connectivity index (χ0n) is 34.3. The highest BCUT2D eigenvalue weighted by atomic mass is 16.8. The van der Waals surface area contributed by atoms with E-state index in [0.717, 1.165) is 11.9 Å². The van der Waals surface area contributed by atoms with Gasteiger partial charge in [-0.25, -0.2) is 4.79 Å². The van der Waals surface area contributed by atoms with Gasteiger partial charge in [-0.05, 0) is 97.2 Å². The second kappa shape index (κ2) is 14.8. The molecular formula is C42H64O16. The highest BCUT2D eigenvalue weighted by molar-refractivity contribution is 5.77. The molecule has 20 atom stereocenters. The Morgan fingerprint density at radius 2 is 1.48 bits per heavy atom. The zero-order valence-corrected chi connectivity index (χ0v) is 34.3. The number of ether oxygens (including phenoxy) is 4. The number of aliphatic carboxylic acids is 2. The fourth-order valence-corrected chi connectivity index (χ4v) is 13.6. The third-order valence-electron chi connectivity index (χ3n) is 17.2. The Kier molecular flexibility index (Phi) is 11.2. The Hall–Kier alpha value is -2.09. The number of carbonyl (C=O) groups excluding carboxylic acids is 1. The SMILES string of the molecule is CC1(C)CC[C@@]2(C(=O)O)C(C1)C1=CCC3C4(C)CC[C@H](O[C@@H]5OC(C(=O)O)[C@@H](O)[C@H](O)C5O[C@@H]5OC(CO)[C@H](O)C(O)[C@@H]5O)[C@](C)(C=O)C4CC[C@@]3(C)[C@]1(C)C[C@H]2O. The molecule has 0 aromatic rings. The quantitative estimate of drug-likeness (QED) is 0.0943. The summed E-state index contributed by atoms with van der Waals surface area (Å²) in [7, 11) is 0. The van der Waals surface area contributed by atoms with E-state index in [1.165, 1.54) is 0 Å². The van der Waals surface area contributed by atoms with Crippen LogP contribution in [0.2, 0.25) is 0 Å². The second-order valence-corrected chi connectivity index (χ2v) is 20.5. The largest absolute Gasteiger partial charge is 0.481 e. The topological polar surface area (TPSA) is 270 Å². The van der Waals surface area contributed by atoms with Gasteiger partial charge in [0.1, 0.15) is 54.4 Å². The lowest BCUT2D eigenvalue weighted by Gasteiger charge is -2.71. The number of rotatable bonds is 8. The first-order valence-electron chi connectivity index (χ1n) is 20.9. The standard InChI is InChI=1S/C42H64O16/c1-37(2)13-14-42(36(53)54)20(15-37)19-7-8-23-38(3)11-10-25(39(4,18-44)22(38)9-12-40(23,5)41(19,6)16-24(42)45)56-35-32(29(49)28(48)31(57-35)33(51)52)58-34-30(50)27(47)26(46)21(17-43)55-34/h7,18,20-32,34-35,43,45-50H,8-17H2,1-6H3,(H,51,52)(H,53,54)/t20?,21?,22?,23?,24-,25+,26+,27?,28+,29+,30+,31?,32?,34+,35-,38?,39-,40-,41-,42-/m1/s1. The predicted octanol–water partition coefficient (Wildman–Crippen LogP) is 1.12. The van der Waals surface area contributed by atoms with Gasteiger partial charge in [0.05, 0.1) is 24.2 Å². The molecule has 0 radical (unpaired) electrons. The molecule has 2 heterocycles. The molecule has 6 fully saturated rings. The number of carboxylic acid groups (broad SMARTS) is 2. The molecule has 16 heteroatoms.